The Kier molecular flexibility index (Phi) is 3.36. The van der Waals surface area contributed by atoms with Gasteiger partial charge in [0.1, 0.15) is 0 Å². The van der Waals surface area contributed by atoms with Gasteiger partial charge in [-0.3, -0.25) is 0 Å². The zero-order valence-corrected chi connectivity index (χ0v) is 12.1. The van der Waals surface area contributed by atoms with Crippen LogP contribution in [0.3, 0.4) is 0 Å². The molecule has 0 amide bonds. The van der Waals surface area contributed by atoms with Crippen molar-refractivity contribution in [1.82, 2.24) is 0 Å². The number of benzene rings is 2. The number of fused-ring (bicyclic) bond motifs is 1. The molecule has 0 N–H and O–H groups in total. The molecule has 0 unspecified atom stereocenters. The SMILES string of the molecule is C(=C(\c1ccccc1)[C@@H]1[C@@H]2CCCO[C@@H]21)/c1ccccc1. The van der Waals surface area contributed by atoms with Crippen LogP contribution in [0.15, 0.2) is 60.7 Å². The monoisotopic (exact) mass is 276 g/mol. The molecule has 1 nitrogen and oxygen atoms in total. The van der Waals surface area contributed by atoms with Crippen LogP contribution in [0.2, 0.25) is 0 Å². The summed E-state index contributed by atoms with van der Waals surface area (Å²) in [4.78, 5) is 0. The molecule has 4 rings (SSSR count). The third kappa shape index (κ3) is 2.54. The van der Waals surface area contributed by atoms with Crippen LogP contribution in [0, 0.1) is 11.8 Å². The van der Waals surface area contributed by atoms with Gasteiger partial charge in [0.05, 0.1) is 6.10 Å². The van der Waals surface area contributed by atoms with Gasteiger partial charge in [-0.25, -0.2) is 0 Å². The average Bonchev–Trinajstić information content (AvgIpc) is 3.29. The van der Waals surface area contributed by atoms with E-state index in [9.17, 15) is 0 Å². The minimum Gasteiger partial charge on any atom is -0.377 e. The number of rotatable bonds is 3. The van der Waals surface area contributed by atoms with Crippen LogP contribution in [0.1, 0.15) is 24.0 Å². The molecule has 1 aliphatic heterocycles. The van der Waals surface area contributed by atoms with E-state index in [1.165, 1.54) is 29.5 Å². The van der Waals surface area contributed by atoms with Crippen LogP contribution in [0.4, 0.5) is 0 Å². The fraction of sp³-hybridized carbons (Fsp3) is 0.300. The van der Waals surface area contributed by atoms with Crippen LogP contribution in [0.5, 0.6) is 0 Å². The van der Waals surface area contributed by atoms with E-state index < -0.39 is 0 Å². The van der Waals surface area contributed by atoms with Crippen LogP contribution in [0.25, 0.3) is 11.6 Å². The summed E-state index contributed by atoms with van der Waals surface area (Å²) in [6.45, 7) is 0.936. The average molecular weight is 276 g/mol. The molecule has 1 aliphatic carbocycles. The Balaban J connectivity index is 1.72. The second-order valence-electron chi connectivity index (χ2n) is 6.04. The minimum absolute atomic E-state index is 0.453. The topological polar surface area (TPSA) is 9.23 Å². The zero-order chi connectivity index (χ0) is 14.1. The molecule has 1 heteroatoms. The van der Waals surface area contributed by atoms with Crippen molar-refractivity contribution in [1.29, 1.82) is 0 Å². The number of hydrogen-bond acceptors (Lipinski definition) is 1. The largest absolute Gasteiger partial charge is 0.377 e. The fourth-order valence-corrected chi connectivity index (χ4v) is 3.59. The Morgan fingerprint density at radius 1 is 0.952 bits per heavy atom. The Labute approximate surface area is 126 Å². The lowest BCUT2D eigenvalue weighted by Crippen LogP contribution is -2.06. The van der Waals surface area contributed by atoms with Crippen molar-refractivity contribution in [3.63, 3.8) is 0 Å². The Bertz CT molecular complexity index is 617. The molecule has 2 aromatic rings. The molecule has 1 saturated carbocycles. The highest BCUT2D eigenvalue weighted by atomic mass is 16.5. The molecule has 0 spiro atoms. The van der Waals surface area contributed by atoms with Gasteiger partial charge < -0.3 is 4.74 Å². The highest BCUT2D eigenvalue weighted by Gasteiger charge is 2.54. The Hall–Kier alpha value is -1.86. The van der Waals surface area contributed by atoms with E-state index in [1.807, 2.05) is 0 Å². The van der Waals surface area contributed by atoms with Crippen molar-refractivity contribution >= 4 is 11.6 Å². The molecule has 2 aliphatic rings. The van der Waals surface area contributed by atoms with Gasteiger partial charge >= 0.3 is 0 Å². The lowest BCUT2D eigenvalue weighted by atomic mass is 9.96. The summed E-state index contributed by atoms with van der Waals surface area (Å²) in [5.74, 6) is 1.31. The summed E-state index contributed by atoms with van der Waals surface area (Å²) < 4.78 is 5.96. The highest BCUT2D eigenvalue weighted by molar-refractivity contribution is 5.84. The first kappa shape index (κ1) is 12.8. The van der Waals surface area contributed by atoms with Gasteiger partial charge in [-0.1, -0.05) is 66.7 Å². The summed E-state index contributed by atoms with van der Waals surface area (Å²) >= 11 is 0. The van der Waals surface area contributed by atoms with Gasteiger partial charge in [-0.15, -0.1) is 0 Å². The Morgan fingerprint density at radius 3 is 2.33 bits per heavy atom. The quantitative estimate of drug-likeness (QED) is 0.741. The van der Waals surface area contributed by atoms with Gasteiger partial charge in [-0.2, -0.15) is 0 Å². The summed E-state index contributed by atoms with van der Waals surface area (Å²) in [5.41, 5.74) is 4.06. The predicted octanol–water partition coefficient (Wildman–Crippen LogP) is 4.65. The molecule has 21 heavy (non-hydrogen) atoms. The van der Waals surface area contributed by atoms with Crippen molar-refractivity contribution in [2.45, 2.75) is 18.9 Å². The van der Waals surface area contributed by atoms with Gasteiger partial charge in [-0.05, 0) is 35.5 Å². The van der Waals surface area contributed by atoms with Crippen LogP contribution >= 0.6 is 0 Å². The van der Waals surface area contributed by atoms with E-state index in [-0.39, 0.29) is 0 Å². The lowest BCUT2D eigenvalue weighted by molar-refractivity contribution is 0.0775. The first-order chi connectivity index (χ1) is 10.4. The standard InChI is InChI=1S/C20H20O/c1-3-8-15(9-4-1)14-18(16-10-5-2-6-11-16)19-17-12-7-13-21-20(17)19/h1-6,8-11,14,17,19-20H,7,12-13H2/b18-14-/t17-,19-,20-/m0/s1. The molecule has 0 radical (unpaired) electrons. The third-order valence-electron chi connectivity index (χ3n) is 4.68. The molecule has 1 saturated heterocycles. The highest BCUT2D eigenvalue weighted by Crippen LogP contribution is 2.55. The van der Waals surface area contributed by atoms with Crippen molar-refractivity contribution in [2.75, 3.05) is 6.61 Å². The maximum absolute atomic E-state index is 5.96. The minimum atomic E-state index is 0.453. The van der Waals surface area contributed by atoms with Crippen LogP contribution in [-0.4, -0.2) is 12.7 Å². The molecule has 0 bridgehead atoms. The first-order valence-corrected chi connectivity index (χ1v) is 7.87. The van der Waals surface area contributed by atoms with Crippen molar-refractivity contribution in [3.05, 3.63) is 71.8 Å². The van der Waals surface area contributed by atoms with Gasteiger partial charge in [0.25, 0.3) is 0 Å². The van der Waals surface area contributed by atoms with Gasteiger partial charge in [0, 0.05) is 12.5 Å². The zero-order valence-electron chi connectivity index (χ0n) is 12.1. The van der Waals surface area contributed by atoms with Crippen molar-refractivity contribution < 1.29 is 4.74 Å². The maximum Gasteiger partial charge on any atom is 0.0682 e. The Morgan fingerprint density at radius 2 is 1.67 bits per heavy atom. The van der Waals surface area contributed by atoms with E-state index in [2.05, 4.69) is 66.7 Å². The molecule has 3 atom stereocenters. The van der Waals surface area contributed by atoms with E-state index in [0.717, 1.165) is 12.5 Å². The number of ether oxygens (including phenoxy) is 1. The van der Waals surface area contributed by atoms with Gasteiger partial charge in [0.15, 0.2) is 0 Å². The first-order valence-electron chi connectivity index (χ1n) is 7.87. The van der Waals surface area contributed by atoms with E-state index in [0.29, 0.717) is 12.0 Å². The molecule has 2 fully saturated rings. The summed E-state index contributed by atoms with van der Waals surface area (Å²) in [5, 5.41) is 0. The lowest BCUT2D eigenvalue weighted by Gasteiger charge is -2.08. The normalized spacial score (nSPS) is 28.0. The third-order valence-corrected chi connectivity index (χ3v) is 4.68. The van der Waals surface area contributed by atoms with E-state index in [1.54, 1.807) is 0 Å². The molecule has 106 valence electrons. The molecule has 1 heterocycles. The van der Waals surface area contributed by atoms with Crippen LogP contribution in [-0.2, 0) is 4.74 Å². The fourth-order valence-electron chi connectivity index (χ4n) is 3.59. The number of hydrogen-bond donors (Lipinski definition) is 0. The molecule has 2 aromatic carbocycles. The second-order valence-corrected chi connectivity index (χ2v) is 6.04. The summed E-state index contributed by atoms with van der Waals surface area (Å²) in [7, 11) is 0. The smallest absolute Gasteiger partial charge is 0.0682 e. The van der Waals surface area contributed by atoms with E-state index >= 15 is 0 Å². The van der Waals surface area contributed by atoms with Crippen molar-refractivity contribution in [2.24, 2.45) is 11.8 Å². The van der Waals surface area contributed by atoms with E-state index in [4.69, 9.17) is 4.74 Å². The van der Waals surface area contributed by atoms with Gasteiger partial charge in [0.2, 0.25) is 0 Å². The molecule has 0 aromatic heterocycles. The molecular weight excluding hydrogens is 256 g/mol. The second kappa shape index (κ2) is 5.50. The summed E-state index contributed by atoms with van der Waals surface area (Å²) in [6.07, 6.45) is 5.33. The summed E-state index contributed by atoms with van der Waals surface area (Å²) in [6, 6.07) is 21.4. The predicted molar refractivity (Wildman–Crippen MR) is 86.7 cm³/mol. The molecular formula is C20H20O. The maximum atomic E-state index is 5.96. The van der Waals surface area contributed by atoms with Crippen LogP contribution < -0.4 is 0 Å². The van der Waals surface area contributed by atoms with Crippen molar-refractivity contribution in [3.8, 4) is 0 Å².